The Hall–Kier alpha value is -3.39. The molecule has 1 atom stereocenters. The minimum atomic E-state index is -0.630. The number of ether oxygens (including phenoxy) is 3. The number of nitrogens with one attached hydrogen (secondary N) is 1. The third kappa shape index (κ3) is 4.38. The number of rotatable bonds is 6. The summed E-state index contributed by atoms with van der Waals surface area (Å²) in [6, 6.07) is 14.7. The third-order valence-corrected chi connectivity index (χ3v) is 5.23. The number of hydrogen-bond donors (Lipinski definition) is 1. The highest BCUT2D eigenvalue weighted by Crippen LogP contribution is 2.34. The van der Waals surface area contributed by atoms with Crippen molar-refractivity contribution in [1.82, 2.24) is 10.3 Å². The summed E-state index contributed by atoms with van der Waals surface area (Å²) in [5.41, 5.74) is 1.97. The lowest BCUT2D eigenvalue weighted by molar-refractivity contribution is -0.124. The van der Waals surface area contributed by atoms with Crippen LogP contribution >= 0.6 is 11.3 Å². The molecule has 0 saturated heterocycles. The fraction of sp³-hybridized carbons (Fsp3) is 0.190. The fourth-order valence-electron chi connectivity index (χ4n) is 2.83. The summed E-state index contributed by atoms with van der Waals surface area (Å²) in [5.74, 6) is 0.295. The predicted octanol–water partition coefficient (Wildman–Crippen LogP) is 3.57. The number of hydrogen-bond acceptors (Lipinski definition) is 7. The van der Waals surface area contributed by atoms with Crippen LogP contribution < -0.4 is 14.8 Å². The van der Waals surface area contributed by atoms with E-state index in [4.69, 9.17) is 14.2 Å². The minimum Gasteiger partial charge on any atom is -0.454 e. The summed E-state index contributed by atoms with van der Waals surface area (Å²) in [6.07, 6.45) is 0. The van der Waals surface area contributed by atoms with Crippen molar-refractivity contribution in [2.45, 2.75) is 13.0 Å². The minimum absolute atomic E-state index is 0.186. The van der Waals surface area contributed by atoms with E-state index in [-0.39, 0.29) is 25.1 Å². The largest absolute Gasteiger partial charge is 0.454 e. The summed E-state index contributed by atoms with van der Waals surface area (Å²) >= 11 is 1.35. The highest BCUT2D eigenvalue weighted by Gasteiger charge is 2.18. The average molecular weight is 410 g/mol. The molecule has 8 heteroatoms. The SMILES string of the molecule is C[C@H](NC(=O)COC(=O)c1csc(-c2ccccc2)n1)c1ccc2c(c1)OCO2. The van der Waals surface area contributed by atoms with Gasteiger partial charge in [0.2, 0.25) is 6.79 Å². The van der Waals surface area contributed by atoms with Crippen LogP contribution in [-0.2, 0) is 9.53 Å². The van der Waals surface area contributed by atoms with Crippen molar-refractivity contribution >= 4 is 23.2 Å². The zero-order valence-electron chi connectivity index (χ0n) is 15.6. The Morgan fingerprint density at radius 3 is 2.79 bits per heavy atom. The van der Waals surface area contributed by atoms with Gasteiger partial charge in [-0.05, 0) is 24.6 Å². The molecule has 0 saturated carbocycles. The quantitative estimate of drug-likeness (QED) is 0.625. The lowest BCUT2D eigenvalue weighted by atomic mass is 10.1. The van der Waals surface area contributed by atoms with Crippen LogP contribution in [0.1, 0.15) is 29.0 Å². The smallest absolute Gasteiger partial charge is 0.358 e. The average Bonchev–Trinajstić information content (AvgIpc) is 3.41. The number of aromatic nitrogens is 1. The van der Waals surface area contributed by atoms with Gasteiger partial charge in [0.25, 0.3) is 5.91 Å². The van der Waals surface area contributed by atoms with Crippen molar-refractivity contribution in [2.24, 2.45) is 0 Å². The van der Waals surface area contributed by atoms with E-state index < -0.39 is 11.9 Å². The number of esters is 1. The molecule has 1 aliphatic heterocycles. The van der Waals surface area contributed by atoms with E-state index >= 15 is 0 Å². The molecular formula is C21H18N2O5S. The van der Waals surface area contributed by atoms with Gasteiger partial charge >= 0.3 is 5.97 Å². The number of amides is 1. The Balaban J connectivity index is 1.30. The Morgan fingerprint density at radius 1 is 1.17 bits per heavy atom. The molecule has 1 amide bonds. The van der Waals surface area contributed by atoms with Gasteiger partial charge in [-0.15, -0.1) is 11.3 Å². The fourth-order valence-corrected chi connectivity index (χ4v) is 3.63. The molecule has 0 fully saturated rings. The van der Waals surface area contributed by atoms with Crippen molar-refractivity contribution < 1.29 is 23.8 Å². The van der Waals surface area contributed by atoms with E-state index in [1.807, 2.05) is 49.4 Å². The van der Waals surface area contributed by atoms with Gasteiger partial charge in [0.1, 0.15) is 5.01 Å². The molecule has 1 aliphatic rings. The second kappa shape index (κ2) is 8.32. The number of carbonyl (C=O) groups excluding carboxylic acids is 2. The molecule has 0 spiro atoms. The van der Waals surface area contributed by atoms with E-state index in [0.29, 0.717) is 11.5 Å². The summed E-state index contributed by atoms with van der Waals surface area (Å²) in [7, 11) is 0. The Kier molecular flexibility index (Phi) is 5.44. The van der Waals surface area contributed by atoms with Crippen molar-refractivity contribution in [3.05, 3.63) is 65.2 Å². The van der Waals surface area contributed by atoms with Gasteiger partial charge in [0.15, 0.2) is 23.8 Å². The van der Waals surface area contributed by atoms with Crippen LogP contribution in [0, 0.1) is 0 Å². The van der Waals surface area contributed by atoms with E-state index in [2.05, 4.69) is 10.3 Å². The van der Waals surface area contributed by atoms with Crippen molar-refractivity contribution in [1.29, 1.82) is 0 Å². The molecule has 1 aromatic heterocycles. The highest BCUT2D eigenvalue weighted by atomic mass is 32.1. The normalized spacial score (nSPS) is 13.0. The van der Waals surface area contributed by atoms with Crippen LogP contribution in [0.2, 0.25) is 0 Å². The second-order valence-corrected chi connectivity index (χ2v) is 7.24. The van der Waals surface area contributed by atoms with Gasteiger partial charge in [-0.25, -0.2) is 9.78 Å². The number of nitrogens with zero attached hydrogens (tertiary/aromatic N) is 1. The molecule has 3 aromatic rings. The van der Waals surface area contributed by atoms with Gasteiger partial charge in [-0.3, -0.25) is 4.79 Å². The van der Waals surface area contributed by atoms with Gasteiger partial charge in [0.05, 0.1) is 6.04 Å². The van der Waals surface area contributed by atoms with Crippen LogP contribution in [0.4, 0.5) is 0 Å². The monoisotopic (exact) mass is 410 g/mol. The van der Waals surface area contributed by atoms with Gasteiger partial charge in [0, 0.05) is 10.9 Å². The van der Waals surface area contributed by atoms with Gasteiger partial charge < -0.3 is 19.5 Å². The van der Waals surface area contributed by atoms with Crippen LogP contribution in [0.3, 0.4) is 0 Å². The molecule has 29 heavy (non-hydrogen) atoms. The first-order valence-electron chi connectivity index (χ1n) is 8.97. The zero-order valence-corrected chi connectivity index (χ0v) is 16.4. The molecule has 0 aliphatic carbocycles. The summed E-state index contributed by atoms with van der Waals surface area (Å²) in [6.45, 7) is 1.65. The van der Waals surface area contributed by atoms with E-state index in [1.165, 1.54) is 11.3 Å². The molecular weight excluding hydrogens is 392 g/mol. The van der Waals surface area contributed by atoms with E-state index in [9.17, 15) is 9.59 Å². The maximum Gasteiger partial charge on any atom is 0.358 e. The van der Waals surface area contributed by atoms with E-state index in [0.717, 1.165) is 16.1 Å². The first-order chi connectivity index (χ1) is 14.1. The van der Waals surface area contributed by atoms with Crippen LogP contribution in [0.5, 0.6) is 11.5 Å². The first kappa shape index (κ1) is 18.9. The van der Waals surface area contributed by atoms with Crippen LogP contribution in [0.15, 0.2) is 53.9 Å². The maximum atomic E-state index is 12.2. The number of benzene rings is 2. The van der Waals surface area contributed by atoms with Gasteiger partial charge in [-0.2, -0.15) is 0 Å². The molecule has 0 unspecified atom stereocenters. The number of carbonyl (C=O) groups is 2. The van der Waals surface area contributed by atoms with Crippen LogP contribution in [-0.4, -0.2) is 30.3 Å². The predicted molar refractivity (Wildman–Crippen MR) is 107 cm³/mol. The van der Waals surface area contributed by atoms with Crippen molar-refractivity contribution in [2.75, 3.05) is 13.4 Å². The van der Waals surface area contributed by atoms with Crippen LogP contribution in [0.25, 0.3) is 10.6 Å². The second-order valence-electron chi connectivity index (χ2n) is 6.38. The highest BCUT2D eigenvalue weighted by molar-refractivity contribution is 7.13. The lowest BCUT2D eigenvalue weighted by Gasteiger charge is -2.14. The Morgan fingerprint density at radius 2 is 1.97 bits per heavy atom. The Labute approximate surface area is 171 Å². The molecule has 0 bridgehead atoms. The topological polar surface area (TPSA) is 86.8 Å². The Bertz CT molecular complexity index is 1030. The third-order valence-electron chi connectivity index (χ3n) is 4.34. The van der Waals surface area contributed by atoms with Crippen molar-refractivity contribution in [3.63, 3.8) is 0 Å². The molecule has 2 heterocycles. The maximum absolute atomic E-state index is 12.2. The number of fused-ring (bicyclic) bond motifs is 1. The molecule has 1 N–H and O–H groups in total. The molecule has 148 valence electrons. The standard InChI is InChI=1S/C21H18N2O5S/c1-13(15-7-8-17-18(9-15)28-12-27-17)22-19(24)10-26-21(25)16-11-29-20(23-16)14-5-3-2-4-6-14/h2-9,11,13H,10,12H2,1H3,(H,22,24)/t13-/m0/s1. The molecule has 7 nitrogen and oxygen atoms in total. The van der Waals surface area contributed by atoms with E-state index in [1.54, 1.807) is 11.4 Å². The summed E-state index contributed by atoms with van der Waals surface area (Å²) in [4.78, 5) is 28.6. The van der Waals surface area contributed by atoms with Crippen molar-refractivity contribution in [3.8, 4) is 22.1 Å². The summed E-state index contributed by atoms with van der Waals surface area (Å²) in [5, 5.41) is 5.14. The van der Waals surface area contributed by atoms with Gasteiger partial charge in [-0.1, -0.05) is 36.4 Å². The zero-order chi connectivity index (χ0) is 20.2. The lowest BCUT2D eigenvalue weighted by Crippen LogP contribution is -2.31. The number of thiazole rings is 1. The summed E-state index contributed by atoms with van der Waals surface area (Å²) < 4.78 is 15.7. The first-order valence-corrected chi connectivity index (χ1v) is 9.85. The molecule has 0 radical (unpaired) electrons. The molecule has 2 aromatic carbocycles. The molecule has 4 rings (SSSR count).